The van der Waals surface area contributed by atoms with Gasteiger partial charge in [0.05, 0.1) is 19.3 Å². The Morgan fingerprint density at radius 3 is 2.95 bits per heavy atom. The SMILES string of the molecule is C#CCNc1cn([C@@H]2CC(O)[C@H](CO)O2)c(=O)[nH]c1=O. The third-order valence-electron chi connectivity index (χ3n) is 3.04. The fraction of sp³-hybridized carbons (Fsp3) is 0.500. The van der Waals surface area contributed by atoms with E-state index in [1.165, 1.54) is 6.20 Å². The summed E-state index contributed by atoms with van der Waals surface area (Å²) in [5, 5.41) is 21.4. The van der Waals surface area contributed by atoms with Gasteiger partial charge in [0.25, 0.3) is 5.56 Å². The van der Waals surface area contributed by atoms with E-state index in [1.807, 2.05) is 0 Å². The zero-order chi connectivity index (χ0) is 14.7. The summed E-state index contributed by atoms with van der Waals surface area (Å²) in [6.45, 7) is -0.216. The van der Waals surface area contributed by atoms with Crippen LogP contribution in [0, 0.1) is 12.3 Å². The zero-order valence-corrected chi connectivity index (χ0v) is 10.6. The number of anilines is 1. The van der Waals surface area contributed by atoms with Crippen LogP contribution in [0.3, 0.4) is 0 Å². The van der Waals surface area contributed by atoms with Gasteiger partial charge in [-0.05, 0) is 0 Å². The van der Waals surface area contributed by atoms with Gasteiger partial charge in [-0.3, -0.25) is 14.3 Å². The van der Waals surface area contributed by atoms with Crippen molar-refractivity contribution in [1.29, 1.82) is 0 Å². The van der Waals surface area contributed by atoms with Crippen molar-refractivity contribution in [3.8, 4) is 12.3 Å². The summed E-state index contributed by atoms with van der Waals surface area (Å²) >= 11 is 0. The lowest BCUT2D eigenvalue weighted by Crippen LogP contribution is -2.34. The normalized spacial score (nSPS) is 25.4. The number of aromatic amines is 1. The summed E-state index contributed by atoms with van der Waals surface area (Å²) < 4.78 is 6.51. The van der Waals surface area contributed by atoms with Gasteiger partial charge < -0.3 is 20.3 Å². The maximum Gasteiger partial charge on any atom is 0.330 e. The van der Waals surface area contributed by atoms with Gasteiger partial charge in [-0.15, -0.1) is 6.42 Å². The fourth-order valence-corrected chi connectivity index (χ4v) is 2.02. The Morgan fingerprint density at radius 1 is 1.60 bits per heavy atom. The molecule has 2 heterocycles. The van der Waals surface area contributed by atoms with E-state index in [4.69, 9.17) is 16.3 Å². The summed E-state index contributed by atoms with van der Waals surface area (Å²) in [4.78, 5) is 25.5. The maximum atomic E-state index is 11.8. The van der Waals surface area contributed by atoms with Crippen LogP contribution in [-0.4, -0.2) is 45.1 Å². The minimum absolute atomic E-state index is 0.132. The summed E-state index contributed by atoms with van der Waals surface area (Å²) in [5.74, 6) is 2.31. The van der Waals surface area contributed by atoms with Gasteiger partial charge in [-0.2, -0.15) is 0 Å². The van der Waals surface area contributed by atoms with Crippen molar-refractivity contribution >= 4 is 5.69 Å². The van der Waals surface area contributed by atoms with E-state index in [0.29, 0.717) is 0 Å². The number of aliphatic hydroxyl groups excluding tert-OH is 2. The first-order valence-corrected chi connectivity index (χ1v) is 6.04. The summed E-state index contributed by atoms with van der Waals surface area (Å²) in [5.41, 5.74) is -1.11. The van der Waals surface area contributed by atoms with Crippen LogP contribution in [0.25, 0.3) is 0 Å². The van der Waals surface area contributed by atoms with Gasteiger partial charge in [0.2, 0.25) is 0 Å². The second-order valence-electron chi connectivity index (χ2n) is 4.38. The molecule has 1 unspecified atom stereocenters. The first-order valence-electron chi connectivity index (χ1n) is 6.04. The summed E-state index contributed by atoms with van der Waals surface area (Å²) in [6, 6.07) is 0. The monoisotopic (exact) mass is 281 g/mol. The number of rotatable bonds is 4. The molecule has 0 bridgehead atoms. The van der Waals surface area contributed by atoms with Crippen molar-refractivity contribution < 1.29 is 14.9 Å². The second kappa shape index (κ2) is 5.92. The quantitative estimate of drug-likeness (QED) is 0.485. The highest BCUT2D eigenvalue weighted by molar-refractivity contribution is 5.39. The Bertz CT molecular complexity index is 629. The molecule has 0 radical (unpaired) electrons. The Labute approximate surface area is 114 Å². The molecule has 0 aromatic carbocycles. The van der Waals surface area contributed by atoms with Gasteiger partial charge in [0.1, 0.15) is 18.0 Å². The zero-order valence-electron chi connectivity index (χ0n) is 10.6. The molecule has 1 fully saturated rings. The molecule has 8 nitrogen and oxygen atoms in total. The minimum atomic E-state index is -0.869. The van der Waals surface area contributed by atoms with Crippen LogP contribution < -0.4 is 16.6 Å². The van der Waals surface area contributed by atoms with Gasteiger partial charge in [0, 0.05) is 12.6 Å². The Hall–Kier alpha value is -2.08. The lowest BCUT2D eigenvalue weighted by atomic mass is 10.2. The average molecular weight is 281 g/mol. The van der Waals surface area contributed by atoms with Crippen molar-refractivity contribution in [2.24, 2.45) is 0 Å². The van der Waals surface area contributed by atoms with Crippen LogP contribution in [0.1, 0.15) is 12.6 Å². The van der Waals surface area contributed by atoms with E-state index >= 15 is 0 Å². The van der Waals surface area contributed by atoms with Crippen molar-refractivity contribution in [2.75, 3.05) is 18.5 Å². The highest BCUT2D eigenvalue weighted by atomic mass is 16.5. The van der Waals surface area contributed by atoms with E-state index in [0.717, 1.165) is 4.57 Å². The molecule has 1 aromatic heterocycles. The predicted molar refractivity (Wildman–Crippen MR) is 70.3 cm³/mol. The predicted octanol–water partition coefficient (Wildman–Crippen LogP) is -1.78. The van der Waals surface area contributed by atoms with Gasteiger partial charge >= 0.3 is 5.69 Å². The molecule has 4 N–H and O–H groups in total. The molecule has 0 spiro atoms. The van der Waals surface area contributed by atoms with Crippen LogP contribution in [0.5, 0.6) is 0 Å². The van der Waals surface area contributed by atoms with Crippen LogP contribution in [0.15, 0.2) is 15.8 Å². The van der Waals surface area contributed by atoms with Crippen molar-refractivity contribution in [3.05, 3.63) is 27.0 Å². The lowest BCUT2D eigenvalue weighted by Gasteiger charge is -2.15. The Morgan fingerprint density at radius 2 is 2.35 bits per heavy atom. The van der Waals surface area contributed by atoms with Gasteiger partial charge in [0.15, 0.2) is 0 Å². The Kier molecular flexibility index (Phi) is 4.24. The topological polar surface area (TPSA) is 117 Å². The van der Waals surface area contributed by atoms with E-state index in [9.17, 15) is 14.7 Å². The van der Waals surface area contributed by atoms with Gasteiger partial charge in [-0.25, -0.2) is 4.79 Å². The molecule has 0 saturated carbocycles. The van der Waals surface area contributed by atoms with E-state index in [-0.39, 0.29) is 25.3 Å². The number of aromatic nitrogens is 2. The van der Waals surface area contributed by atoms with Crippen LogP contribution in [0.4, 0.5) is 5.69 Å². The first kappa shape index (κ1) is 14.3. The number of aliphatic hydroxyl groups is 2. The molecule has 1 saturated heterocycles. The third kappa shape index (κ3) is 2.75. The second-order valence-corrected chi connectivity index (χ2v) is 4.38. The lowest BCUT2D eigenvalue weighted by molar-refractivity contribution is -0.0458. The highest BCUT2D eigenvalue weighted by Crippen LogP contribution is 2.27. The van der Waals surface area contributed by atoms with Gasteiger partial charge in [-0.1, -0.05) is 5.92 Å². The largest absolute Gasteiger partial charge is 0.394 e. The highest BCUT2D eigenvalue weighted by Gasteiger charge is 2.35. The van der Waals surface area contributed by atoms with E-state index in [1.54, 1.807) is 0 Å². The van der Waals surface area contributed by atoms with Crippen LogP contribution in [-0.2, 0) is 4.74 Å². The molecule has 108 valence electrons. The number of ether oxygens (including phenoxy) is 1. The molecule has 3 atom stereocenters. The molecule has 0 amide bonds. The molecule has 20 heavy (non-hydrogen) atoms. The first-order chi connectivity index (χ1) is 9.56. The number of nitrogens with one attached hydrogen (secondary N) is 2. The third-order valence-corrected chi connectivity index (χ3v) is 3.04. The van der Waals surface area contributed by atoms with Crippen LogP contribution in [0.2, 0.25) is 0 Å². The number of terminal acetylenes is 1. The summed E-state index contributed by atoms with van der Waals surface area (Å²) in [6.07, 6.45) is 4.15. The number of H-pyrrole nitrogens is 1. The molecule has 2 rings (SSSR count). The average Bonchev–Trinajstić information content (AvgIpc) is 2.79. The molecule has 8 heteroatoms. The van der Waals surface area contributed by atoms with Crippen LogP contribution >= 0.6 is 0 Å². The molecular formula is C12H15N3O5. The van der Waals surface area contributed by atoms with E-state index < -0.39 is 29.7 Å². The smallest absolute Gasteiger partial charge is 0.330 e. The standard InChI is InChI=1S/C12H15N3O5/c1-2-3-13-7-5-15(12(19)14-11(7)18)10-4-8(17)9(6-16)20-10/h1,5,8-10,13,16-17H,3-4,6H2,(H,14,18,19)/t8?,9-,10-/m0/s1. The van der Waals surface area contributed by atoms with Crippen molar-refractivity contribution in [3.63, 3.8) is 0 Å². The number of nitrogens with zero attached hydrogens (tertiary/aromatic N) is 1. The van der Waals surface area contributed by atoms with Crippen molar-refractivity contribution in [1.82, 2.24) is 9.55 Å². The van der Waals surface area contributed by atoms with E-state index in [2.05, 4.69) is 16.2 Å². The number of hydrogen-bond acceptors (Lipinski definition) is 6. The maximum absolute atomic E-state index is 11.8. The molecular weight excluding hydrogens is 266 g/mol. The summed E-state index contributed by atoms with van der Waals surface area (Å²) in [7, 11) is 0. The molecule has 0 aliphatic carbocycles. The Balaban J connectivity index is 2.31. The molecule has 1 aromatic rings. The fourth-order valence-electron chi connectivity index (χ4n) is 2.02. The molecule has 1 aliphatic rings. The minimum Gasteiger partial charge on any atom is -0.394 e. The molecule has 1 aliphatic heterocycles. The number of hydrogen-bond donors (Lipinski definition) is 4. The van der Waals surface area contributed by atoms with Crippen molar-refractivity contribution in [2.45, 2.75) is 24.9 Å².